The van der Waals surface area contributed by atoms with Crippen molar-refractivity contribution >= 4 is 29.2 Å². The van der Waals surface area contributed by atoms with Crippen LogP contribution in [0.15, 0.2) is 18.2 Å². The minimum absolute atomic E-state index is 0.0100. The van der Waals surface area contributed by atoms with Gasteiger partial charge in [-0.1, -0.05) is 36.2 Å². The lowest BCUT2D eigenvalue weighted by Gasteiger charge is -2.21. The summed E-state index contributed by atoms with van der Waals surface area (Å²) in [7, 11) is 0. The first-order valence-corrected chi connectivity index (χ1v) is 6.63. The Labute approximate surface area is 117 Å². The van der Waals surface area contributed by atoms with E-state index < -0.39 is 11.9 Å². The molecular weight excluding hydrogens is 273 g/mol. The first-order chi connectivity index (χ1) is 8.51. The number of aliphatic carboxylic acids is 1. The second-order valence-electron chi connectivity index (χ2n) is 4.25. The van der Waals surface area contributed by atoms with Gasteiger partial charge >= 0.3 is 5.97 Å². The highest BCUT2D eigenvalue weighted by molar-refractivity contribution is 6.36. The number of carbonyl (C=O) groups is 1. The lowest BCUT2D eigenvalue weighted by molar-refractivity contribution is -0.141. The third-order valence-corrected chi connectivity index (χ3v) is 3.76. The summed E-state index contributed by atoms with van der Waals surface area (Å²) in [6.45, 7) is 2.10. The molecule has 3 nitrogen and oxygen atoms in total. The normalized spacial score (nSPS) is 14.2. The predicted molar refractivity (Wildman–Crippen MR) is 74.3 cm³/mol. The lowest BCUT2D eigenvalue weighted by Crippen LogP contribution is -2.25. The summed E-state index contributed by atoms with van der Waals surface area (Å²) in [5.74, 6) is -1.43. The van der Waals surface area contributed by atoms with E-state index in [1.165, 1.54) is 0 Å². The molecule has 2 unspecified atom stereocenters. The molecule has 0 heterocycles. The summed E-state index contributed by atoms with van der Waals surface area (Å²) in [5, 5.41) is 10.2. The number of halogens is 2. The lowest BCUT2D eigenvalue weighted by atomic mass is 9.87. The van der Waals surface area contributed by atoms with Crippen molar-refractivity contribution in [3.63, 3.8) is 0 Å². The van der Waals surface area contributed by atoms with E-state index in [2.05, 4.69) is 0 Å². The molecule has 2 atom stereocenters. The van der Waals surface area contributed by atoms with E-state index in [-0.39, 0.29) is 12.5 Å². The van der Waals surface area contributed by atoms with Crippen LogP contribution in [0.2, 0.25) is 10.0 Å². The second-order valence-corrected chi connectivity index (χ2v) is 5.06. The minimum Gasteiger partial charge on any atom is -0.481 e. The Morgan fingerprint density at radius 2 is 1.94 bits per heavy atom. The van der Waals surface area contributed by atoms with Crippen LogP contribution in [-0.4, -0.2) is 17.6 Å². The SMILES string of the molecule is CCC(CC(CN)C(=O)O)c1c(Cl)cccc1Cl. The summed E-state index contributed by atoms with van der Waals surface area (Å²) in [4.78, 5) is 11.0. The van der Waals surface area contributed by atoms with Crippen LogP contribution in [-0.2, 0) is 4.79 Å². The number of carboxylic acid groups (broad SMARTS) is 1. The van der Waals surface area contributed by atoms with Gasteiger partial charge in [-0.2, -0.15) is 0 Å². The first kappa shape index (κ1) is 15.3. The zero-order valence-electron chi connectivity index (χ0n) is 10.2. The van der Waals surface area contributed by atoms with Crippen molar-refractivity contribution in [1.82, 2.24) is 0 Å². The molecule has 5 heteroatoms. The van der Waals surface area contributed by atoms with Crippen LogP contribution in [0.1, 0.15) is 31.2 Å². The molecule has 3 N–H and O–H groups in total. The van der Waals surface area contributed by atoms with Gasteiger partial charge in [-0.3, -0.25) is 4.79 Å². The minimum atomic E-state index is -0.876. The monoisotopic (exact) mass is 289 g/mol. The Balaban J connectivity index is 2.99. The van der Waals surface area contributed by atoms with Gasteiger partial charge in [-0.15, -0.1) is 0 Å². The van der Waals surface area contributed by atoms with Crippen molar-refractivity contribution in [2.45, 2.75) is 25.7 Å². The quantitative estimate of drug-likeness (QED) is 0.842. The smallest absolute Gasteiger partial charge is 0.307 e. The maximum absolute atomic E-state index is 11.0. The second kappa shape index (κ2) is 6.98. The van der Waals surface area contributed by atoms with Gasteiger partial charge in [0.15, 0.2) is 0 Å². The fourth-order valence-electron chi connectivity index (χ4n) is 2.03. The number of hydrogen-bond acceptors (Lipinski definition) is 2. The number of nitrogens with two attached hydrogens (primary N) is 1. The zero-order valence-corrected chi connectivity index (χ0v) is 11.7. The van der Waals surface area contributed by atoms with Crippen LogP contribution in [0, 0.1) is 5.92 Å². The van der Waals surface area contributed by atoms with Gasteiger partial charge in [-0.05, 0) is 36.5 Å². The molecule has 0 bridgehead atoms. The molecule has 0 amide bonds. The zero-order chi connectivity index (χ0) is 13.7. The fraction of sp³-hybridized carbons (Fsp3) is 0.462. The molecule has 18 heavy (non-hydrogen) atoms. The standard InChI is InChI=1S/C13H17Cl2NO2/c1-2-8(6-9(7-16)13(17)18)12-10(14)4-3-5-11(12)15/h3-5,8-9H,2,6-7,16H2,1H3,(H,17,18). The molecule has 0 aliphatic carbocycles. The summed E-state index contributed by atoms with van der Waals surface area (Å²) >= 11 is 12.3. The van der Waals surface area contributed by atoms with E-state index in [1.807, 2.05) is 6.92 Å². The molecule has 0 aliphatic heterocycles. The average molecular weight is 290 g/mol. The van der Waals surface area contributed by atoms with Gasteiger partial charge in [0.25, 0.3) is 0 Å². The Morgan fingerprint density at radius 1 is 1.39 bits per heavy atom. The number of hydrogen-bond donors (Lipinski definition) is 2. The van der Waals surface area contributed by atoms with E-state index in [0.29, 0.717) is 16.5 Å². The van der Waals surface area contributed by atoms with Gasteiger partial charge in [0, 0.05) is 16.6 Å². The molecule has 100 valence electrons. The molecule has 0 aliphatic rings. The van der Waals surface area contributed by atoms with Crippen molar-refractivity contribution in [3.8, 4) is 0 Å². The fourth-order valence-corrected chi connectivity index (χ4v) is 2.74. The largest absolute Gasteiger partial charge is 0.481 e. The number of carboxylic acids is 1. The van der Waals surface area contributed by atoms with Crippen molar-refractivity contribution < 1.29 is 9.90 Å². The van der Waals surface area contributed by atoms with Crippen molar-refractivity contribution in [2.24, 2.45) is 11.7 Å². The Hall–Kier alpha value is -0.770. The van der Waals surface area contributed by atoms with Crippen molar-refractivity contribution in [3.05, 3.63) is 33.8 Å². The Bertz CT molecular complexity index is 403. The summed E-state index contributed by atoms with van der Waals surface area (Å²) in [5.41, 5.74) is 6.31. The van der Waals surface area contributed by atoms with Gasteiger partial charge in [0.2, 0.25) is 0 Å². The summed E-state index contributed by atoms with van der Waals surface area (Å²) < 4.78 is 0. The summed E-state index contributed by atoms with van der Waals surface area (Å²) in [6.07, 6.45) is 1.22. The summed E-state index contributed by atoms with van der Waals surface area (Å²) in [6, 6.07) is 5.31. The molecule has 0 spiro atoms. The van der Waals surface area contributed by atoms with Crippen molar-refractivity contribution in [2.75, 3.05) is 6.54 Å². The molecule has 0 saturated carbocycles. The van der Waals surface area contributed by atoms with Gasteiger partial charge < -0.3 is 10.8 Å². The van der Waals surface area contributed by atoms with Gasteiger partial charge in [0.05, 0.1) is 5.92 Å². The predicted octanol–water partition coefficient (Wildman–Crippen LogP) is 3.54. The van der Waals surface area contributed by atoms with Crippen LogP contribution in [0.4, 0.5) is 0 Å². The Morgan fingerprint density at radius 3 is 2.33 bits per heavy atom. The molecule has 1 aromatic rings. The molecule has 0 radical (unpaired) electrons. The van der Waals surface area contributed by atoms with E-state index in [1.54, 1.807) is 18.2 Å². The topological polar surface area (TPSA) is 63.3 Å². The van der Waals surface area contributed by atoms with Crippen molar-refractivity contribution in [1.29, 1.82) is 0 Å². The van der Waals surface area contributed by atoms with E-state index in [9.17, 15) is 4.79 Å². The molecule has 0 saturated heterocycles. The molecule has 0 aromatic heterocycles. The molecule has 1 rings (SSSR count). The Kier molecular flexibility index (Phi) is 5.93. The maximum atomic E-state index is 11.0. The third-order valence-electron chi connectivity index (χ3n) is 3.10. The van der Waals surface area contributed by atoms with Crippen LogP contribution in [0.3, 0.4) is 0 Å². The van der Waals surface area contributed by atoms with E-state index in [0.717, 1.165) is 12.0 Å². The van der Waals surface area contributed by atoms with Crippen LogP contribution < -0.4 is 5.73 Å². The number of rotatable bonds is 6. The first-order valence-electron chi connectivity index (χ1n) is 5.88. The van der Waals surface area contributed by atoms with Crippen LogP contribution in [0.25, 0.3) is 0 Å². The van der Waals surface area contributed by atoms with Gasteiger partial charge in [-0.25, -0.2) is 0 Å². The highest BCUT2D eigenvalue weighted by Gasteiger charge is 2.24. The van der Waals surface area contributed by atoms with Gasteiger partial charge in [0.1, 0.15) is 0 Å². The highest BCUT2D eigenvalue weighted by atomic mass is 35.5. The third kappa shape index (κ3) is 3.61. The van der Waals surface area contributed by atoms with E-state index in [4.69, 9.17) is 34.0 Å². The maximum Gasteiger partial charge on any atom is 0.307 e. The molecule has 0 fully saturated rings. The van der Waals surface area contributed by atoms with Crippen LogP contribution in [0.5, 0.6) is 0 Å². The number of benzene rings is 1. The average Bonchev–Trinajstić information content (AvgIpc) is 2.32. The van der Waals surface area contributed by atoms with E-state index >= 15 is 0 Å². The molecular formula is C13H17Cl2NO2. The highest BCUT2D eigenvalue weighted by Crippen LogP contribution is 2.36. The van der Waals surface area contributed by atoms with Crippen LogP contribution >= 0.6 is 23.2 Å². The molecule has 1 aromatic carbocycles.